The minimum absolute atomic E-state index is 0.0126. The Hall–Kier alpha value is -1.44. The van der Waals surface area contributed by atoms with Crippen molar-refractivity contribution in [2.75, 3.05) is 19.0 Å². The molecular weight excluding hydrogens is 520 g/mol. The van der Waals surface area contributed by atoms with E-state index in [-0.39, 0.29) is 16.7 Å². The van der Waals surface area contributed by atoms with E-state index in [0.717, 1.165) is 44.8 Å². The molecule has 0 aromatic heterocycles. The Morgan fingerprint density at radius 3 is 2.42 bits per heavy atom. The van der Waals surface area contributed by atoms with E-state index in [1.165, 1.54) is 16.7 Å². The van der Waals surface area contributed by atoms with Crippen LogP contribution in [0.4, 0.5) is 0 Å². The van der Waals surface area contributed by atoms with Gasteiger partial charge in [0, 0.05) is 40.9 Å². The lowest BCUT2D eigenvalue weighted by Gasteiger charge is -2.58. The summed E-state index contributed by atoms with van der Waals surface area (Å²) in [5.41, 5.74) is 2.56. The van der Waals surface area contributed by atoms with Gasteiger partial charge >= 0.3 is 0 Å². The number of hydrogen-bond acceptors (Lipinski definition) is 6. The van der Waals surface area contributed by atoms with Crippen LogP contribution in [0.15, 0.2) is 46.9 Å². The molecule has 4 aliphatic carbocycles. The summed E-state index contributed by atoms with van der Waals surface area (Å²) < 4.78 is 12.8. The predicted molar refractivity (Wildman–Crippen MR) is 159 cm³/mol. The van der Waals surface area contributed by atoms with Crippen LogP contribution in [-0.2, 0) is 9.47 Å². The summed E-state index contributed by atoms with van der Waals surface area (Å²) in [4.78, 5) is 11.4. The monoisotopic (exact) mass is 566 g/mol. The van der Waals surface area contributed by atoms with Gasteiger partial charge in [0.1, 0.15) is 6.29 Å². The van der Waals surface area contributed by atoms with Gasteiger partial charge in [-0.2, -0.15) is 0 Å². The number of ether oxygens (including phenoxy) is 2. The highest BCUT2D eigenvalue weighted by atomic mass is 32.2. The molecule has 6 atom stereocenters. The van der Waals surface area contributed by atoms with Crippen LogP contribution >= 0.6 is 11.8 Å². The number of carbonyl (C=O) groups excluding carboxylic acids is 1. The standard InChI is InChI=1S/C34H46O5S/c1-5-16-40-22-33(37)14-11-27-25-10-13-32(36)19-34(38-20-30(2,3)21-39-34)15-12-28(32)29(25)26(17-31(27,33)4)24-8-6-23(18-35)7-9-24/h5-9,16,18,25-27,36-37H,10-15,17,19-22H2,1-4H3. The van der Waals surface area contributed by atoms with Crippen molar-refractivity contribution in [3.05, 3.63) is 58.0 Å². The maximum absolute atomic E-state index is 12.4. The van der Waals surface area contributed by atoms with Gasteiger partial charge in [-0.1, -0.05) is 56.7 Å². The lowest BCUT2D eigenvalue weighted by molar-refractivity contribution is -0.322. The normalized spacial score (nSPS) is 40.1. The van der Waals surface area contributed by atoms with E-state index in [4.69, 9.17) is 9.47 Å². The Bertz CT molecular complexity index is 1190. The zero-order valence-electron chi connectivity index (χ0n) is 24.6. The fourth-order valence-electron chi connectivity index (χ4n) is 8.97. The smallest absolute Gasteiger partial charge is 0.171 e. The second kappa shape index (κ2) is 10.1. The van der Waals surface area contributed by atoms with Crippen LogP contribution in [-0.4, -0.2) is 52.5 Å². The van der Waals surface area contributed by atoms with Crippen molar-refractivity contribution in [3.63, 3.8) is 0 Å². The average molecular weight is 567 g/mol. The number of aldehydes is 1. The first-order chi connectivity index (χ1) is 19.0. The minimum Gasteiger partial charge on any atom is -0.388 e. The zero-order valence-corrected chi connectivity index (χ0v) is 25.4. The van der Waals surface area contributed by atoms with E-state index in [2.05, 4.69) is 38.3 Å². The zero-order chi connectivity index (χ0) is 28.4. The topological polar surface area (TPSA) is 76.0 Å². The molecule has 218 valence electrons. The van der Waals surface area contributed by atoms with E-state index < -0.39 is 17.0 Å². The molecule has 1 aromatic carbocycles. The minimum atomic E-state index is -0.934. The van der Waals surface area contributed by atoms with Crippen LogP contribution in [0.5, 0.6) is 0 Å². The molecule has 1 heterocycles. The molecule has 3 saturated carbocycles. The third-order valence-corrected chi connectivity index (χ3v) is 12.3. The maximum atomic E-state index is 12.4. The Morgan fingerprint density at radius 2 is 1.75 bits per heavy atom. The summed E-state index contributed by atoms with van der Waals surface area (Å²) in [5.74, 6) is 0.832. The molecule has 6 unspecified atom stereocenters. The first-order valence-corrected chi connectivity index (χ1v) is 16.3. The van der Waals surface area contributed by atoms with Crippen LogP contribution in [0.25, 0.3) is 0 Å². The Morgan fingerprint density at radius 1 is 1.02 bits per heavy atom. The number of aliphatic hydroxyl groups is 2. The SMILES string of the molecule is CC=CSCC1(O)CCC2C3CCC4(O)CC5(CCC4=C3C(c3ccc(C=O)cc3)CC21C)OCC(C)(C)CO5. The maximum Gasteiger partial charge on any atom is 0.171 e. The molecule has 6 rings (SSSR count). The summed E-state index contributed by atoms with van der Waals surface area (Å²) in [6.07, 6.45) is 9.28. The van der Waals surface area contributed by atoms with Gasteiger partial charge in [0.2, 0.25) is 0 Å². The third-order valence-electron chi connectivity index (χ3n) is 11.2. The largest absolute Gasteiger partial charge is 0.388 e. The fraction of sp³-hybridized carbons (Fsp3) is 0.676. The van der Waals surface area contributed by atoms with Gasteiger partial charge in [0.15, 0.2) is 5.79 Å². The highest BCUT2D eigenvalue weighted by molar-refractivity contribution is 8.02. The fourth-order valence-corrected chi connectivity index (χ4v) is 10.0. The van der Waals surface area contributed by atoms with E-state index in [1.807, 2.05) is 25.1 Å². The van der Waals surface area contributed by atoms with Crippen LogP contribution < -0.4 is 0 Å². The predicted octanol–water partition coefficient (Wildman–Crippen LogP) is 6.79. The highest BCUT2D eigenvalue weighted by Crippen LogP contribution is 2.68. The van der Waals surface area contributed by atoms with Gasteiger partial charge < -0.3 is 19.7 Å². The van der Waals surface area contributed by atoms with Crippen LogP contribution in [0.3, 0.4) is 0 Å². The summed E-state index contributed by atoms with van der Waals surface area (Å²) in [7, 11) is 0. The summed E-state index contributed by atoms with van der Waals surface area (Å²) in [6.45, 7) is 9.97. The van der Waals surface area contributed by atoms with Crippen molar-refractivity contribution in [1.29, 1.82) is 0 Å². The van der Waals surface area contributed by atoms with Gasteiger partial charge in [-0.05, 0) is 73.8 Å². The summed E-state index contributed by atoms with van der Waals surface area (Å²) in [6, 6.07) is 8.02. The second-order valence-electron chi connectivity index (χ2n) is 14.4. The average Bonchev–Trinajstić information content (AvgIpc) is 3.20. The number of benzene rings is 1. The summed E-state index contributed by atoms with van der Waals surface area (Å²) in [5, 5.41) is 26.6. The van der Waals surface area contributed by atoms with Crippen LogP contribution in [0.2, 0.25) is 0 Å². The van der Waals surface area contributed by atoms with Crippen molar-refractivity contribution in [2.24, 2.45) is 22.7 Å². The number of allylic oxidation sites excluding steroid dienone is 2. The van der Waals surface area contributed by atoms with E-state index in [9.17, 15) is 15.0 Å². The second-order valence-corrected chi connectivity index (χ2v) is 15.2. The van der Waals surface area contributed by atoms with Gasteiger partial charge in [-0.25, -0.2) is 0 Å². The van der Waals surface area contributed by atoms with Crippen molar-refractivity contribution >= 4 is 18.0 Å². The molecule has 1 aliphatic heterocycles. The van der Waals surface area contributed by atoms with E-state index in [0.29, 0.717) is 49.2 Å². The molecule has 2 N–H and O–H groups in total. The first-order valence-electron chi connectivity index (χ1n) is 15.2. The van der Waals surface area contributed by atoms with Crippen molar-refractivity contribution < 1.29 is 24.5 Å². The van der Waals surface area contributed by atoms with Gasteiger partial charge in [-0.15, -0.1) is 11.8 Å². The molecule has 4 fully saturated rings. The Kier molecular flexibility index (Phi) is 7.23. The van der Waals surface area contributed by atoms with Crippen LogP contribution in [0, 0.1) is 22.7 Å². The van der Waals surface area contributed by atoms with E-state index >= 15 is 0 Å². The number of thioether (sulfide) groups is 1. The number of carbonyl (C=O) groups is 1. The molecule has 5 aliphatic rings. The molecule has 1 saturated heterocycles. The third kappa shape index (κ3) is 4.57. The molecule has 0 radical (unpaired) electrons. The van der Waals surface area contributed by atoms with Crippen molar-refractivity contribution in [1.82, 2.24) is 0 Å². The van der Waals surface area contributed by atoms with E-state index in [1.54, 1.807) is 11.8 Å². The molecule has 6 heteroatoms. The molecular formula is C34H46O5S. The summed E-state index contributed by atoms with van der Waals surface area (Å²) >= 11 is 1.72. The Balaban J connectivity index is 1.41. The Labute approximate surface area is 243 Å². The quantitative estimate of drug-likeness (QED) is 0.302. The molecule has 5 nitrogen and oxygen atoms in total. The number of rotatable bonds is 5. The number of fused-ring (bicyclic) bond motifs is 4. The number of hydrogen-bond donors (Lipinski definition) is 2. The first kappa shape index (κ1) is 28.7. The molecule has 0 amide bonds. The van der Waals surface area contributed by atoms with Gasteiger partial charge in [-0.3, -0.25) is 4.79 Å². The highest BCUT2D eigenvalue weighted by Gasteiger charge is 2.64. The van der Waals surface area contributed by atoms with Gasteiger partial charge in [0.05, 0.1) is 24.4 Å². The van der Waals surface area contributed by atoms with Gasteiger partial charge in [0.25, 0.3) is 0 Å². The molecule has 1 aromatic rings. The molecule has 40 heavy (non-hydrogen) atoms. The molecule has 1 spiro atoms. The van der Waals surface area contributed by atoms with Crippen molar-refractivity contribution in [3.8, 4) is 0 Å². The van der Waals surface area contributed by atoms with Crippen LogP contribution in [0.1, 0.15) is 101 Å². The lowest BCUT2D eigenvalue weighted by Crippen LogP contribution is -2.58. The van der Waals surface area contributed by atoms with Crippen molar-refractivity contribution in [2.45, 2.75) is 102 Å². The molecule has 0 bridgehead atoms. The lowest BCUT2D eigenvalue weighted by atomic mass is 9.50.